The van der Waals surface area contributed by atoms with Crippen molar-refractivity contribution in [3.63, 3.8) is 0 Å². The third-order valence-electron chi connectivity index (χ3n) is 16.9. The van der Waals surface area contributed by atoms with Crippen LogP contribution in [0.15, 0.2) is 241 Å². The fourth-order valence-corrected chi connectivity index (χ4v) is 13.8. The zero-order valence-electron chi connectivity index (χ0n) is 39.9. The Morgan fingerprint density at radius 3 is 1.39 bits per heavy atom. The Balaban J connectivity index is 1.07. The second kappa shape index (κ2) is 14.3. The van der Waals surface area contributed by atoms with E-state index in [1.54, 1.807) is 0 Å². The van der Waals surface area contributed by atoms with Gasteiger partial charge in [-0.2, -0.15) is 0 Å². The van der Waals surface area contributed by atoms with Gasteiger partial charge in [-0.15, -0.1) is 0 Å². The highest BCUT2D eigenvalue weighted by molar-refractivity contribution is 6.26. The Morgan fingerprint density at radius 1 is 0.292 bits per heavy atom. The lowest BCUT2D eigenvalue weighted by molar-refractivity contribution is 0.660. The van der Waals surface area contributed by atoms with E-state index in [0.29, 0.717) is 0 Å². The summed E-state index contributed by atoms with van der Waals surface area (Å²) < 4.78 is 7.01. The van der Waals surface area contributed by atoms with Crippen molar-refractivity contribution in [2.75, 3.05) is 4.90 Å². The third kappa shape index (κ3) is 5.08. The average molecular weight is 916 g/mol. The molecule has 72 heavy (non-hydrogen) atoms. The normalized spacial score (nSPS) is 14.2. The van der Waals surface area contributed by atoms with Crippen LogP contribution in [0.5, 0.6) is 0 Å². The minimum Gasteiger partial charge on any atom is -0.455 e. The highest BCUT2D eigenvalue weighted by atomic mass is 16.3. The molecule has 1 aromatic heterocycles. The van der Waals surface area contributed by atoms with Gasteiger partial charge in [0, 0.05) is 38.7 Å². The highest BCUT2D eigenvalue weighted by Crippen LogP contribution is 2.65. The van der Waals surface area contributed by atoms with Crippen molar-refractivity contribution in [2.24, 2.45) is 0 Å². The quantitative estimate of drug-likeness (QED) is 0.164. The Bertz CT molecular complexity index is 4430. The SMILES string of the molecule is CC1(C)c2ccccc2-c2cc(N(c3ccc4c5ccccc5c5ccccc5c4c3)c3cc4c(cc3-c3cccc5c3oc3ccccc35)-c3ccccc3C43c4ccccc4-c4ccccc43)ccc21. The number of anilines is 3. The van der Waals surface area contributed by atoms with Crippen LogP contribution >= 0.6 is 0 Å². The Kier molecular flexibility index (Phi) is 7.92. The molecule has 16 rings (SSSR count). The van der Waals surface area contributed by atoms with E-state index in [4.69, 9.17) is 4.42 Å². The van der Waals surface area contributed by atoms with Gasteiger partial charge in [-0.1, -0.05) is 208 Å². The van der Waals surface area contributed by atoms with Crippen LogP contribution in [0.4, 0.5) is 17.1 Å². The second-order valence-corrected chi connectivity index (χ2v) is 20.6. The number of benzene rings is 12. The molecule has 2 nitrogen and oxygen atoms in total. The van der Waals surface area contributed by atoms with Gasteiger partial charge in [-0.3, -0.25) is 0 Å². The van der Waals surface area contributed by atoms with Crippen molar-refractivity contribution in [1.82, 2.24) is 0 Å². The molecule has 0 unspecified atom stereocenters. The molecule has 0 bridgehead atoms. The van der Waals surface area contributed by atoms with Gasteiger partial charge in [0.1, 0.15) is 11.2 Å². The molecule has 0 atom stereocenters. The number of hydrogen-bond acceptors (Lipinski definition) is 2. The maximum Gasteiger partial charge on any atom is 0.143 e. The van der Waals surface area contributed by atoms with Crippen molar-refractivity contribution in [1.29, 1.82) is 0 Å². The van der Waals surface area contributed by atoms with Gasteiger partial charge in [-0.25, -0.2) is 0 Å². The smallest absolute Gasteiger partial charge is 0.143 e. The molecule has 0 radical (unpaired) electrons. The first-order chi connectivity index (χ1) is 35.5. The summed E-state index contributed by atoms with van der Waals surface area (Å²) >= 11 is 0. The number of hydrogen-bond donors (Lipinski definition) is 0. The molecule has 1 heterocycles. The summed E-state index contributed by atoms with van der Waals surface area (Å²) in [5.41, 5.74) is 22.1. The van der Waals surface area contributed by atoms with E-state index in [0.717, 1.165) is 50.1 Å². The Morgan fingerprint density at radius 2 is 0.736 bits per heavy atom. The summed E-state index contributed by atoms with van der Waals surface area (Å²) in [6.07, 6.45) is 0. The molecule has 3 aliphatic carbocycles. The molecule has 1 spiro atoms. The Labute approximate surface area is 417 Å². The molecular weight excluding hydrogens is 871 g/mol. The molecule has 3 aliphatic rings. The van der Waals surface area contributed by atoms with E-state index in [-0.39, 0.29) is 5.41 Å². The summed E-state index contributed by atoms with van der Waals surface area (Å²) in [5.74, 6) is 0. The minimum absolute atomic E-state index is 0.144. The van der Waals surface area contributed by atoms with Crippen molar-refractivity contribution in [3.05, 3.63) is 270 Å². The maximum atomic E-state index is 7.01. The van der Waals surface area contributed by atoms with Gasteiger partial charge in [0.2, 0.25) is 0 Å². The third-order valence-corrected chi connectivity index (χ3v) is 16.9. The number of nitrogens with zero attached hydrogens (tertiary/aromatic N) is 1. The summed E-state index contributed by atoms with van der Waals surface area (Å²) in [7, 11) is 0. The number of furan rings is 1. The van der Waals surface area contributed by atoms with Crippen molar-refractivity contribution < 1.29 is 4.42 Å². The van der Waals surface area contributed by atoms with Crippen molar-refractivity contribution in [3.8, 4) is 44.5 Å². The maximum absolute atomic E-state index is 7.01. The summed E-state index contributed by atoms with van der Waals surface area (Å²) in [6.45, 7) is 4.74. The van der Waals surface area contributed by atoms with Crippen LogP contribution in [0.1, 0.15) is 47.2 Å². The van der Waals surface area contributed by atoms with Crippen LogP contribution in [0.3, 0.4) is 0 Å². The van der Waals surface area contributed by atoms with Gasteiger partial charge in [0.15, 0.2) is 0 Å². The summed E-state index contributed by atoms with van der Waals surface area (Å²) in [6, 6.07) is 88.8. The van der Waals surface area contributed by atoms with Crippen LogP contribution in [0.2, 0.25) is 0 Å². The van der Waals surface area contributed by atoms with Gasteiger partial charge in [0.05, 0.1) is 11.1 Å². The first kappa shape index (κ1) is 39.8. The second-order valence-electron chi connectivity index (χ2n) is 20.6. The predicted octanol–water partition coefficient (Wildman–Crippen LogP) is 18.8. The lowest BCUT2D eigenvalue weighted by Crippen LogP contribution is -2.26. The fraction of sp³-hybridized carbons (Fsp3) is 0.0571. The molecule has 0 amide bonds. The van der Waals surface area contributed by atoms with E-state index in [1.165, 1.54) is 99.1 Å². The van der Waals surface area contributed by atoms with Crippen LogP contribution in [0.25, 0.3) is 98.8 Å². The van der Waals surface area contributed by atoms with Crippen LogP contribution in [-0.4, -0.2) is 0 Å². The monoisotopic (exact) mass is 915 g/mol. The fourth-order valence-electron chi connectivity index (χ4n) is 13.8. The Hall–Kier alpha value is -8.98. The summed E-state index contributed by atoms with van der Waals surface area (Å²) in [5, 5.41) is 9.72. The first-order valence-electron chi connectivity index (χ1n) is 25.2. The molecule has 12 aromatic carbocycles. The summed E-state index contributed by atoms with van der Waals surface area (Å²) in [4.78, 5) is 2.57. The minimum atomic E-state index is -0.553. The van der Waals surface area contributed by atoms with Gasteiger partial charge in [0.25, 0.3) is 0 Å². The number of rotatable bonds is 4. The highest BCUT2D eigenvalue weighted by Gasteiger charge is 2.52. The molecule has 0 saturated heterocycles. The molecule has 0 aliphatic heterocycles. The van der Waals surface area contributed by atoms with Crippen LogP contribution in [-0.2, 0) is 10.8 Å². The van der Waals surface area contributed by atoms with Crippen LogP contribution < -0.4 is 4.90 Å². The van der Waals surface area contributed by atoms with Gasteiger partial charge in [-0.05, 0) is 142 Å². The van der Waals surface area contributed by atoms with Gasteiger partial charge < -0.3 is 9.32 Å². The van der Waals surface area contributed by atoms with Gasteiger partial charge >= 0.3 is 0 Å². The largest absolute Gasteiger partial charge is 0.455 e. The molecule has 0 N–H and O–H groups in total. The van der Waals surface area contributed by atoms with Crippen molar-refractivity contribution in [2.45, 2.75) is 24.7 Å². The standard InChI is InChI=1S/C70H45NO/c1-69(2)60-29-12-7-24-51(60)57-39-43(35-37-61(57)69)71(42-34-36-48-46-20-4-3-18-44(46)45-19-5-6-21-47(45)56(48)38-42)66-41-65-58(40-59(66)55-28-17-27-54-53-26-11-16-33-67(53)72-68(54)55)52-25-10-15-32-64(52)70(65)62-30-13-8-22-49(62)50-23-9-14-31-63(50)70/h3-41H,1-2H3. The zero-order valence-corrected chi connectivity index (χ0v) is 39.9. The molecule has 0 fully saturated rings. The lowest BCUT2D eigenvalue weighted by Gasteiger charge is -2.33. The van der Waals surface area contributed by atoms with Crippen molar-refractivity contribution >= 4 is 71.3 Å². The van der Waals surface area contributed by atoms with E-state index in [2.05, 4.69) is 255 Å². The van der Waals surface area contributed by atoms with Crippen LogP contribution in [0, 0.1) is 0 Å². The number of fused-ring (bicyclic) bond motifs is 22. The molecular formula is C70H45NO. The zero-order chi connectivity index (χ0) is 47.5. The first-order valence-corrected chi connectivity index (χ1v) is 25.2. The molecule has 0 saturated carbocycles. The van der Waals surface area contributed by atoms with E-state index >= 15 is 0 Å². The van der Waals surface area contributed by atoms with E-state index < -0.39 is 5.41 Å². The van der Waals surface area contributed by atoms with E-state index in [9.17, 15) is 0 Å². The van der Waals surface area contributed by atoms with E-state index in [1.807, 2.05) is 0 Å². The topological polar surface area (TPSA) is 16.4 Å². The molecule has 13 aromatic rings. The lowest BCUT2D eigenvalue weighted by atomic mass is 9.70. The number of para-hydroxylation sites is 2. The molecule has 336 valence electrons. The molecule has 2 heteroatoms. The average Bonchev–Trinajstić information content (AvgIpc) is 4.13. The predicted molar refractivity (Wildman–Crippen MR) is 300 cm³/mol.